The van der Waals surface area contributed by atoms with Crippen LogP contribution in [0.5, 0.6) is 0 Å². The summed E-state index contributed by atoms with van der Waals surface area (Å²) in [6.45, 7) is 4.48. The summed E-state index contributed by atoms with van der Waals surface area (Å²) in [6, 6.07) is 13.5. The van der Waals surface area contributed by atoms with Crippen LogP contribution in [0.1, 0.15) is 29.3 Å². The smallest absolute Gasteiger partial charge is 0.257 e. The lowest BCUT2D eigenvalue weighted by Gasteiger charge is -2.17. The highest BCUT2D eigenvalue weighted by Crippen LogP contribution is 2.33. The molecule has 2 aromatic carbocycles. The number of nitrogens with zero attached hydrogens (tertiary/aromatic N) is 3. The Labute approximate surface area is 156 Å². The molecule has 0 N–H and O–H groups in total. The first-order valence-electron chi connectivity index (χ1n) is 8.48. The van der Waals surface area contributed by atoms with Gasteiger partial charge in [0.1, 0.15) is 0 Å². The van der Waals surface area contributed by atoms with Crippen LogP contribution in [0, 0.1) is 13.8 Å². The quantitative estimate of drug-likeness (QED) is 0.682. The van der Waals surface area contributed by atoms with Gasteiger partial charge in [-0.1, -0.05) is 34.5 Å². The van der Waals surface area contributed by atoms with Crippen molar-refractivity contribution in [3.63, 3.8) is 0 Å². The second-order valence-corrected chi connectivity index (χ2v) is 7.07. The molecule has 5 nitrogen and oxygen atoms in total. The zero-order valence-electron chi connectivity index (χ0n) is 14.6. The number of hydrogen-bond donors (Lipinski definition) is 0. The summed E-state index contributed by atoms with van der Waals surface area (Å²) in [6.07, 6.45) is 0.370. The lowest BCUT2D eigenvalue weighted by Crippen LogP contribution is -2.24. The Bertz CT molecular complexity index is 983. The van der Waals surface area contributed by atoms with E-state index in [0.717, 1.165) is 22.4 Å². The van der Waals surface area contributed by atoms with Crippen molar-refractivity contribution in [2.24, 2.45) is 0 Å². The molecule has 4 rings (SSSR count). The van der Waals surface area contributed by atoms with Crippen LogP contribution in [0.25, 0.3) is 11.5 Å². The third-order valence-corrected chi connectivity index (χ3v) is 5.07. The molecule has 0 radical (unpaired) electrons. The van der Waals surface area contributed by atoms with E-state index in [4.69, 9.17) is 16.1 Å². The predicted molar refractivity (Wildman–Crippen MR) is 100 cm³/mol. The number of amides is 1. The minimum absolute atomic E-state index is 0.0543. The van der Waals surface area contributed by atoms with Gasteiger partial charge in [0.2, 0.25) is 5.91 Å². The van der Waals surface area contributed by atoms with E-state index in [-0.39, 0.29) is 11.8 Å². The Kier molecular flexibility index (Phi) is 4.24. The monoisotopic (exact) mass is 367 g/mol. The maximum Gasteiger partial charge on any atom is 0.257 e. The van der Waals surface area contributed by atoms with Gasteiger partial charge in [-0.05, 0) is 49.7 Å². The molecule has 1 aliphatic heterocycles. The van der Waals surface area contributed by atoms with E-state index in [1.807, 2.05) is 56.3 Å². The molecule has 1 atom stereocenters. The number of carbonyl (C=O) groups excluding carboxylic acids is 1. The molecule has 0 aliphatic carbocycles. The van der Waals surface area contributed by atoms with Crippen LogP contribution in [0.3, 0.4) is 0 Å². The fourth-order valence-electron chi connectivity index (χ4n) is 3.22. The molecule has 1 unspecified atom stereocenters. The molecule has 3 aromatic rings. The minimum Gasteiger partial charge on any atom is -0.334 e. The van der Waals surface area contributed by atoms with Crippen molar-refractivity contribution in [1.82, 2.24) is 10.1 Å². The standard InChI is InChI=1S/C20H18ClN3O2/c1-12-4-3-5-14(8-12)20-22-19(23-26-20)15-10-18(25)24(11-15)16-6-7-17(21)13(2)9-16/h3-9,15H,10-11H2,1-2H3. The van der Waals surface area contributed by atoms with Gasteiger partial charge < -0.3 is 9.42 Å². The number of hydrogen-bond acceptors (Lipinski definition) is 4. The van der Waals surface area contributed by atoms with Crippen molar-refractivity contribution in [2.75, 3.05) is 11.4 Å². The Morgan fingerprint density at radius 2 is 2.04 bits per heavy atom. The molecular formula is C20H18ClN3O2. The molecule has 1 aliphatic rings. The van der Waals surface area contributed by atoms with Crippen LogP contribution < -0.4 is 4.90 Å². The first kappa shape index (κ1) is 16.8. The van der Waals surface area contributed by atoms with E-state index in [0.29, 0.717) is 29.7 Å². The first-order chi connectivity index (χ1) is 12.5. The third-order valence-electron chi connectivity index (χ3n) is 4.65. The first-order valence-corrected chi connectivity index (χ1v) is 8.86. The molecule has 1 amide bonds. The van der Waals surface area contributed by atoms with Gasteiger partial charge in [-0.3, -0.25) is 4.79 Å². The Morgan fingerprint density at radius 1 is 1.19 bits per heavy atom. The molecule has 1 saturated heterocycles. The summed E-state index contributed by atoms with van der Waals surface area (Å²) in [5.74, 6) is 1.03. The number of aromatic nitrogens is 2. The highest BCUT2D eigenvalue weighted by Gasteiger charge is 2.34. The van der Waals surface area contributed by atoms with Crippen molar-refractivity contribution in [3.05, 3.63) is 64.4 Å². The summed E-state index contributed by atoms with van der Waals surface area (Å²) in [7, 11) is 0. The Hall–Kier alpha value is -2.66. The molecule has 1 aromatic heterocycles. The third kappa shape index (κ3) is 3.10. The topological polar surface area (TPSA) is 59.2 Å². The zero-order chi connectivity index (χ0) is 18.3. The average Bonchev–Trinajstić information content (AvgIpc) is 3.24. The van der Waals surface area contributed by atoms with Gasteiger partial charge in [-0.15, -0.1) is 0 Å². The Balaban J connectivity index is 1.56. The van der Waals surface area contributed by atoms with Crippen molar-refractivity contribution in [1.29, 1.82) is 0 Å². The highest BCUT2D eigenvalue weighted by atomic mass is 35.5. The van der Waals surface area contributed by atoms with Crippen LogP contribution in [-0.4, -0.2) is 22.6 Å². The minimum atomic E-state index is -0.0826. The molecule has 2 heterocycles. The lowest BCUT2D eigenvalue weighted by atomic mass is 10.1. The van der Waals surface area contributed by atoms with Gasteiger partial charge in [-0.25, -0.2) is 0 Å². The van der Waals surface area contributed by atoms with Gasteiger partial charge in [0.25, 0.3) is 5.89 Å². The van der Waals surface area contributed by atoms with Gasteiger partial charge in [-0.2, -0.15) is 4.98 Å². The molecule has 0 saturated carbocycles. The molecule has 0 bridgehead atoms. The van der Waals surface area contributed by atoms with Gasteiger partial charge in [0.15, 0.2) is 5.82 Å². The second kappa shape index (κ2) is 6.57. The fourth-order valence-corrected chi connectivity index (χ4v) is 3.34. The molecule has 26 heavy (non-hydrogen) atoms. The molecular weight excluding hydrogens is 350 g/mol. The van der Waals surface area contributed by atoms with Gasteiger partial charge in [0.05, 0.1) is 0 Å². The van der Waals surface area contributed by atoms with Crippen LogP contribution in [0.15, 0.2) is 47.0 Å². The SMILES string of the molecule is Cc1cccc(-c2nc(C3CC(=O)N(c4ccc(Cl)c(C)c4)C3)no2)c1. The van der Waals surface area contributed by atoms with Crippen molar-refractivity contribution in [3.8, 4) is 11.5 Å². The molecule has 0 spiro atoms. The molecule has 1 fully saturated rings. The summed E-state index contributed by atoms with van der Waals surface area (Å²) in [5, 5.41) is 4.80. The van der Waals surface area contributed by atoms with Gasteiger partial charge in [0, 0.05) is 35.2 Å². The maximum atomic E-state index is 12.5. The maximum absolute atomic E-state index is 12.5. The fraction of sp³-hybridized carbons (Fsp3) is 0.250. The Morgan fingerprint density at radius 3 is 2.81 bits per heavy atom. The van der Waals surface area contributed by atoms with Crippen molar-refractivity contribution < 1.29 is 9.32 Å². The number of aryl methyl sites for hydroxylation is 2. The van der Waals surface area contributed by atoms with E-state index in [1.165, 1.54) is 0 Å². The molecule has 6 heteroatoms. The average molecular weight is 368 g/mol. The van der Waals surface area contributed by atoms with Crippen LogP contribution in [0.4, 0.5) is 5.69 Å². The lowest BCUT2D eigenvalue weighted by molar-refractivity contribution is -0.117. The molecule has 132 valence electrons. The summed E-state index contributed by atoms with van der Waals surface area (Å²) < 4.78 is 5.42. The van der Waals surface area contributed by atoms with Crippen LogP contribution in [-0.2, 0) is 4.79 Å². The van der Waals surface area contributed by atoms with E-state index in [9.17, 15) is 4.79 Å². The summed E-state index contributed by atoms with van der Waals surface area (Å²) in [5.41, 5.74) is 3.81. The van der Waals surface area contributed by atoms with Crippen LogP contribution >= 0.6 is 11.6 Å². The van der Waals surface area contributed by atoms with E-state index in [1.54, 1.807) is 4.90 Å². The number of rotatable bonds is 3. The largest absolute Gasteiger partial charge is 0.334 e. The van der Waals surface area contributed by atoms with Crippen molar-refractivity contribution >= 4 is 23.2 Å². The summed E-state index contributed by atoms with van der Waals surface area (Å²) in [4.78, 5) is 18.8. The summed E-state index contributed by atoms with van der Waals surface area (Å²) >= 11 is 6.08. The van der Waals surface area contributed by atoms with Crippen molar-refractivity contribution in [2.45, 2.75) is 26.2 Å². The van der Waals surface area contributed by atoms with Crippen LogP contribution in [0.2, 0.25) is 5.02 Å². The van der Waals surface area contributed by atoms with E-state index >= 15 is 0 Å². The number of halogens is 1. The normalized spacial score (nSPS) is 17.1. The number of carbonyl (C=O) groups is 1. The predicted octanol–water partition coefficient (Wildman–Crippen LogP) is 4.53. The number of anilines is 1. The second-order valence-electron chi connectivity index (χ2n) is 6.67. The van der Waals surface area contributed by atoms with Gasteiger partial charge >= 0.3 is 0 Å². The zero-order valence-corrected chi connectivity index (χ0v) is 15.3. The highest BCUT2D eigenvalue weighted by molar-refractivity contribution is 6.31. The number of benzene rings is 2. The van der Waals surface area contributed by atoms with E-state index < -0.39 is 0 Å². The van der Waals surface area contributed by atoms with E-state index in [2.05, 4.69) is 10.1 Å².